The summed E-state index contributed by atoms with van der Waals surface area (Å²) in [6, 6.07) is -0.133. The molecule has 0 bridgehead atoms. The third kappa shape index (κ3) is 1.67. The van der Waals surface area contributed by atoms with Gasteiger partial charge in [0.1, 0.15) is 11.7 Å². The number of aliphatic hydroxyl groups is 1. The standard InChI is InChI=1S/C13H17N5OS/c1-7(19)11-12-17-16-6-18(12)13-9(4-15-11)8-2-3-14-5-10(8)20-13/h2,5,7,11,14-16,19H,3-4,6H2,1H3. The molecule has 4 heterocycles. The van der Waals surface area contributed by atoms with Crippen molar-refractivity contribution in [3.63, 3.8) is 0 Å². The first kappa shape index (κ1) is 12.2. The number of aliphatic hydroxyl groups excluding tert-OH is 1. The Morgan fingerprint density at radius 3 is 3.30 bits per heavy atom. The summed E-state index contributed by atoms with van der Waals surface area (Å²) in [6.07, 6.45) is 3.84. The first-order chi connectivity index (χ1) is 9.75. The quantitative estimate of drug-likeness (QED) is 0.502. The summed E-state index contributed by atoms with van der Waals surface area (Å²) in [6.45, 7) is 4.10. The predicted molar refractivity (Wildman–Crippen MR) is 80.7 cm³/mol. The highest BCUT2D eigenvalue weighted by Crippen LogP contribution is 2.27. The van der Waals surface area contributed by atoms with Crippen molar-refractivity contribution in [2.24, 2.45) is 5.10 Å². The van der Waals surface area contributed by atoms with Gasteiger partial charge in [0, 0.05) is 24.9 Å². The highest BCUT2D eigenvalue weighted by molar-refractivity contribution is 7.14. The van der Waals surface area contributed by atoms with Gasteiger partial charge >= 0.3 is 0 Å². The Kier molecular flexibility index (Phi) is 2.73. The molecule has 1 aromatic heterocycles. The molecule has 1 aromatic rings. The minimum Gasteiger partial charge on any atom is -0.391 e. The van der Waals surface area contributed by atoms with Gasteiger partial charge in [0.2, 0.25) is 0 Å². The van der Waals surface area contributed by atoms with Crippen molar-refractivity contribution >= 4 is 34.4 Å². The molecule has 0 amide bonds. The van der Waals surface area contributed by atoms with Crippen LogP contribution in [0.5, 0.6) is 0 Å². The number of hydrogen-bond acceptors (Lipinski definition) is 7. The molecule has 0 radical (unpaired) electrons. The van der Waals surface area contributed by atoms with E-state index in [1.807, 2.05) is 0 Å². The summed E-state index contributed by atoms with van der Waals surface area (Å²) >= 11 is 1.78. The van der Waals surface area contributed by atoms with Crippen molar-refractivity contribution in [2.75, 3.05) is 18.1 Å². The molecule has 0 fully saturated rings. The van der Waals surface area contributed by atoms with Crippen LogP contribution in [0.2, 0.25) is 0 Å². The highest BCUT2D eigenvalue weighted by atomic mass is 32.1. The van der Waals surface area contributed by atoms with Gasteiger partial charge in [-0.05, 0) is 12.1 Å². The Balaban J connectivity index is 1.88. The fourth-order valence-corrected chi connectivity index (χ4v) is 4.19. The fourth-order valence-electron chi connectivity index (χ4n) is 2.95. The number of rotatable bonds is 1. The average molecular weight is 291 g/mol. The third-order valence-electron chi connectivity index (χ3n) is 3.92. The van der Waals surface area contributed by atoms with Crippen LogP contribution in [0, 0.1) is 0 Å². The zero-order chi connectivity index (χ0) is 13.7. The van der Waals surface area contributed by atoms with Gasteiger partial charge in [-0.1, -0.05) is 6.08 Å². The number of hydrazone groups is 1. The first-order valence-corrected chi connectivity index (χ1v) is 7.62. The average Bonchev–Trinajstić information content (AvgIpc) is 3.01. The lowest BCUT2D eigenvalue weighted by molar-refractivity contribution is 0.170. The summed E-state index contributed by atoms with van der Waals surface area (Å²) in [7, 11) is 0. The number of anilines is 1. The first-order valence-electron chi connectivity index (χ1n) is 6.80. The second-order valence-corrected chi connectivity index (χ2v) is 6.26. The zero-order valence-electron chi connectivity index (χ0n) is 11.2. The maximum absolute atomic E-state index is 9.99. The zero-order valence-corrected chi connectivity index (χ0v) is 12.0. The summed E-state index contributed by atoms with van der Waals surface area (Å²) < 4.78 is 1.27. The number of nitrogens with one attached hydrogen (secondary N) is 3. The van der Waals surface area contributed by atoms with E-state index < -0.39 is 6.10 Å². The molecule has 2 unspecified atom stereocenters. The summed E-state index contributed by atoms with van der Waals surface area (Å²) in [5.41, 5.74) is 4.34. The Morgan fingerprint density at radius 2 is 2.45 bits per heavy atom. The molecular weight excluding hydrogens is 274 g/mol. The van der Waals surface area contributed by atoms with Gasteiger partial charge in [-0.15, -0.1) is 11.3 Å². The molecule has 0 aromatic carbocycles. The lowest BCUT2D eigenvalue weighted by Crippen LogP contribution is -2.48. The van der Waals surface area contributed by atoms with Crippen molar-refractivity contribution in [3.8, 4) is 0 Å². The SMILES string of the molecule is CC(O)C1NCc2c(sc3c2=CCNC=3)N2CNN=C12. The van der Waals surface area contributed by atoms with E-state index in [2.05, 4.69) is 38.3 Å². The molecule has 3 aliphatic rings. The number of amidine groups is 1. The van der Waals surface area contributed by atoms with E-state index >= 15 is 0 Å². The van der Waals surface area contributed by atoms with E-state index in [0.717, 1.165) is 18.9 Å². The molecule has 6 nitrogen and oxygen atoms in total. The van der Waals surface area contributed by atoms with Gasteiger partial charge < -0.3 is 15.7 Å². The van der Waals surface area contributed by atoms with E-state index in [-0.39, 0.29) is 6.04 Å². The van der Waals surface area contributed by atoms with Crippen LogP contribution in [0.25, 0.3) is 12.3 Å². The maximum Gasteiger partial charge on any atom is 0.151 e. The number of fused-ring (bicyclic) bond motifs is 5. The van der Waals surface area contributed by atoms with Crippen molar-refractivity contribution < 1.29 is 5.11 Å². The van der Waals surface area contributed by atoms with Crippen molar-refractivity contribution in [1.82, 2.24) is 16.1 Å². The van der Waals surface area contributed by atoms with Gasteiger partial charge in [0.25, 0.3) is 0 Å². The van der Waals surface area contributed by atoms with Crippen molar-refractivity contribution in [1.29, 1.82) is 0 Å². The Bertz CT molecular complexity index is 692. The van der Waals surface area contributed by atoms with Crippen LogP contribution in [0.4, 0.5) is 5.00 Å². The molecular formula is C13H17N5OS. The predicted octanol–water partition coefficient (Wildman–Crippen LogP) is -1.60. The minimum absolute atomic E-state index is 0.133. The highest BCUT2D eigenvalue weighted by Gasteiger charge is 2.35. The van der Waals surface area contributed by atoms with Crippen LogP contribution in [-0.2, 0) is 6.54 Å². The maximum atomic E-state index is 9.99. The van der Waals surface area contributed by atoms with E-state index in [1.165, 1.54) is 20.3 Å². The van der Waals surface area contributed by atoms with Crippen molar-refractivity contribution in [2.45, 2.75) is 25.6 Å². The lowest BCUT2D eigenvalue weighted by atomic mass is 10.1. The van der Waals surface area contributed by atoms with Crippen LogP contribution in [0.3, 0.4) is 0 Å². The Morgan fingerprint density at radius 1 is 1.55 bits per heavy atom. The topological polar surface area (TPSA) is 71.9 Å². The Hall–Kier alpha value is -1.57. The van der Waals surface area contributed by atoms with Gasteiger partial charge in [-0.2, -0.15) is 5.10 Å². The van der Waals surface area contributed by atoms with Crippen LogP contribution in [-0.4, -0.2) is 36.3 Å². The Labute approximate surface area is 120 Å². The summed E-state index contributed by atoms with van der Waals surface area (Å²) in [5, 5.41) is 23.6. The lowest BCUT2D eigenvalue weighted by Gasteiger charge is -2.23. The number of thiophene rings is 1. The molecule has 0 aliphatic carbocycles. The normalized spacial score (nSPS) is 24.8. The largest absolute Gasteiger partial charge is 0.391 e. The van der Waals surface area contributed by atoms with Crippen LogP contribution >= 0.6 is 11.3 Å². The summed E-state index contributed by atoms with van der Waals surface area (Å²) in [5.74, 6) is 0.880. The smallest absolute Gasteiger partial charge is 0.151 e. The fraction of sp³-hybridized carbons (Fsp3) is 0.462. The van der Waals surface area contributed by atoms with Gasteiger partial charge in [0.15, 0.2) is 5.84 Å². The third-order valence-corrected chi connectivity index (χ3v) is 5.13. The van der Waals surface area contributed by atoms with E-state index in [1.54, 1.807) is 18.3 Å². The van der Waals surface area contributed by atoms with E-state index in [0.29, 0.717) is 6.67 Å². The van der Waals surface area contributed by atoms with Gasteiger partial charge in [0.05, 0.1) is 16.7 Å². The van der Waals surface area contributed by atoms with E-state index in [9.17, 15) is 5.11 Å². The second-order valence-electron chi connectivity index (χ2n) is 5.23. The van der Waals surface area contributed by atoms with Crippen LogP contribution in [0.15, 0.2) is 5.10 Å². The molecule has 4 N–H and O–H groups in total. The monoisotopic (exact) mass is 291 g/mol. The van der Waals surface area contributed by atoms with E-state index in [4.69, 9.17) is 0 Å². The van der Waals surface area contributed by atoms with Crippen LogP contribution < -0.4 is 30.7 Å². The molecule has 0 spiro atoms. The van der Waals surface area contributed by atoms with Gasteiger partial charge in [-0.25, -0.2) is 0 Å². The molecule has 3 aliphatic heterocycles. The molecule has 0 saturated heterocycles. The summed E-state index contributed by atoms with van der Waals surface area (Å²) in [4.78, 5) is 2.18. The molecule has 20 heavy (non-hydrogen) atoms. The second kappa shape index (κ2) is 4.47. The van der Waals surface area contributed by atoms with Gasteiger partial charge in [-0.3, -0.25) is 10.3 Å². The molecule has 7 heteroatoms. The molecule has 106 valence electrons. The molecule has 0 saturated carbocycles. The number of hydrogen-bond donors (Lipinski definition) is 4. The molecule has 2 atom stereocenters. The molecule has 4 rings (SSSR count). The van der Waals surface area contributed by atoms with Crippen molar-refractivity contribution in [3.05, 3.63) is 15.3 Å². The minimum atomic E-state index is -0.474. The number of nitrogens with zero attached hydrogens (tertiary/aromatic N) is 2. The van der Waals surface area contributed by atoms with Crippen LogP contribution in [0.1, 0.15) is 12.5 Å².